The molecule has 0 unspecified atom stereocenters. The lowest BCUT2D eigenvalue weighted by Gasteiger charge is -2.04. The smallest absolute Gasteiger partial charge is 0.307 e. The predicted molar refractivity (Wildman–Crippen MR) is 60.2 cm³/mol. The first kappa shape index (κ1) is 11.1. The van der Waals surface area contributed by atoms with E-state index < -0.39 is 5.97 Å². The number of carbonyl (C=O) groups is 1. The van der Waals surface area contributed by atoms with E-state index in [0.717, 1.165) is 23.7 Å². The summed E-state index contributed by atoms with van der Waals surface area (Å²) in [5.74, 6) is -0.0102. The highest BCUT2D eigenvalue weighted by Gasteiger charge is 2.20. The molecule has 1 N–H and O–H groups in total. The van der Waals surface area contributed by atoms with Crippen LogP contribution in [0.5, 0.6) is 0 Å². The minimum atomic E-state index is -0.794. The molecule has 0 bridgehead atoms. The van der Waals surface area contributed by atoms with Gasteiger partial charge >= 0.3 is 5.97 Å². The summed E-state index contributed by atoms with van der Waals surface area (Å²) in [7, 11) is 0. The molecule has 0 radical (unpaired) electrons. The summed E-state index contributed by atoms with van der Waals surface area (Å²) in [4.78, 5) is 10.5. The fourth-order valence-electron chi connectivity index (χ4n) is 1.56. The first-order chi connectivity index (χ1) is 7.74. The standard InChI is InChI=1S/C13H16O3/c14-13(15)7-10-1-3-11(4-2-10)8-16-9-12-5-6-12/h1-4,12H,5-9H2,(H,14,15). The lowest BCUT2D eigenvalue weighted by atomic mass is 10.1. The molecule has 2 rings (SSSR count). The normalized spacial score (nSPS) is 15.0. The van der Waals surface area contributed by atoms with Crippen molar-refractivity contribution in [1.29, 1.82) is 0 Å². The lowest BCUT2D eigenvalue weighted by Crippen LogP contribution is -2.00. The van der Waals surface area contributed by atoms with Gasteiger partial charge in [-0.25, -0.2) is 0 Å². The summed E-state index contributed by atoms with van der Waals surface area (Å²) in [5.41, 5.74) is 1.94. The second-order valence-electron chi connectivity index (χ2n) is 4.35. The number of carboxylic acids is 1. The van der Waals surface area contributed by atoms with Crippen LogP contribution in [0.3, 0.4) is 0 Å². The largest absolute Gasteiger partial charge is 0.481 e. The Morgan fingerprint density at radius 1 is 1.25 bits per heavy atom. The lowest BCUT2D eigenvalue weighted by molar-refractivity contribution is -0.136. The topological polar surface area (TPSA) is 46.5 Å². The van der Waals surface area contributed by atoms with Crippen LogP contribution in [-0.2, 0) is 22.6 Å². The van der Waals surface area contributed by atoms with E-state index in [1.807, 2.05) is 24.3 Å². The summed E-state index contributed by atoms with van der Waals surface area (Å²) in [6.45, 7) is 1.49. The van der Waals surface area contributed by atoms with Gasteiger partial charge in [0.15, 0.2) is 0 Å². The van der Waals surface area contributed by atoms with Crippen molar-refractivity contribution < 1.29 is 14.6 Å². The summed E-state index contributed by atoms with van der Waals surface area (Å²) in [6, 6.07) is 7.57. The maximum Gasteiger partial charge on any atom is 0.307 e. The summed E-state index contributed by atoms with van der Waals surface area (Å²) in [6.07, 6.45) is 2.69. The number of rotatable bonds is 6. The van der Waals surface area contributed by atoms with Crippen molar-refractivity contribution in [3.8, 4) is 0 Å². The van der Waals surface area contributed by atoms with Crippen molar-refractivity contribution in [3.63, 3.8) is 0 Å². The van der Waals surface area contributed by atoms with Crippen LogP contribution in [0.4, 0.5) is 0 Å². The summed E-state index contributed by atoms with van der Waals surface area (Å²) in [5, 5.41) is 8.62. The van der Waals surface area contributed by atoms with E-state index in [1.165, 1.54) is 12.8 Å². The Kier molecular flexibility index (Phi) is 3.57. The third-order valence-corrected chi connectivity index (χ3v) is 2.70. The van der Waals surface area contributed by atoms with Crippen molar-refractivity contribution in [3.05, 3.63) is 35.4 Å². The van der Waals surface area contributed by atoms with Crippen LogP contribution >= 0.6 is 0 Å². The predicted octanol–water partition coefficient (Wildman–Crippen LogP) is 2.24. The third kappa shape index (κ3) is 3.66. The molecule has 1 aliphatic carbocycles. The highest BCUT2D eigenvalue weighted by Crippen LogP contribution is 2.29. The molecule has 1 fully saturated rings. The second-order valence-corrected chi connectivity index (χ2v) is 4.35. The van der Waals surface area contributed by atoms with Crippen LogP contribution in [0.1, 0.15) is 24.0 Å². The molecule has 1 aromatic rings. The van der Waals surface area contributed by atoms with Crippen LogP contribution in [-0.4, -0.2) is 17.7 Å². The van der Waals surface area contributed by atoms with Crippen molar-refractivity contribution in [2.24, 2.45) is 5.92 Å². The zero-order chi connectivity index (χ0) is 11.4. The number of hydrogen-bond donors (Lipinski definition) is 1. The van der Waals surface area contributed by atoms with Crippen LogP contribution in [0.2, 0.25) is 0 Å². The SMILES string of the molecule is O=C(O)Cc1ccc(COCC2CC2)cc1. The van der Waals surface area contributed by atoms with Gasteiger partial charge in [-0.2, -0.15) is 0 Å². The van der Waals surface area contributed by atoms with Crippen LogP contribution in [0.15, 0.2) is 24.3 Å². The molecule has 0 aromatic heterocycles. The molecule has 0 spiro atoms. The Morgan fingerprint density at radius 2 is 1.88 bits per heavy atom. The Hall–Kier alpha value is -1.35. The van der Waals surface area contributed by atoms with Gasteiger partial charge in [-0.1, -0.05) is 24.3 Å². The van der Waals surface area contributed by atoms with Gasteiger partial charge in [-0.15, -0.1) is 0 Å². The molecule has 0 aliphatic heterocycles. The molecule has 1 saturated carbocycles. The zero-order valence-corrected chi connectivity index (χ0v) is 9.19. The van der Waals surface area contributed by atoms with Gasteiger partial charge in [0.05, 0.1) is 13.0 Å². The van der Waals surface area contributed by atoms with Gasteiger partial charge in [0.1, 0.15) is 0 Å². The Balaban J connectivity index is 1.78. The van der Waals surface area contributed by atoms with Gasteiger partial charge in [-0.3, -0.25) is 4.79 Å². The Labute approximate surface area is 95.0 Å². The molecule has 1 aliphatic rings. The maximum atomic E-state index is 10.5. The number of carboxylic acid groups (broad SMARTS) is 1. The summed E-state index contributed by atoms with van der Waals surface area (Å²) >= 11 is 0. The van der Waals surface area contributed by atoms with E-state index in [4.69, 9.17) is 9.84 Å². The van der Waals surface area contributed by atoms with Gasteiger partial charge in [0.25, 0.3) is 0 Å². The monoisotopic (exact) mass is 220 g/mol. The third-order valence-electron chi connectivity index (χ3n) is 2.70. The van der Waals surface area contributed by atoms with E-state index >= 15 is 0 Å². The number of benzene rings is 1. The van der Waals surface area contributed by atoms with Crippen molar-refractivity contribution in [2.45, 2.75) is 25.9 Å². The highest BCUT2D eigenvalue weighted by molar-refractivity contribution is 5.70. The average Bonchev–Trinajstić information content (AvgIpc) is 3.04. The quantitative estimate of drug-likeness (QED) is 0.799. The molecule has 0 heterocycles. The average molecular weight is 220 g/mol. The summed E-state index contributed by atoms with van der Waals surface area (Å²) < 4.78 is 5.55. The van der Waals surface area contributed by atoms with E-state index in [2.05, 4.69) is 0 Å². The van der Waals surface area contributed by atoms with Crippen LogP contribution in [0.25, 0.3) is 0 Å². The van der Waals surface area contributed by atoms with Crippen molar-refractivity contribution in [2.75, 3.05) is 6.61 Å². The first-order valence-corrected chi connectivity index (χ1v) is 5.61. The highest BCUT2D eigenvalue weighted by atomic mass is 16.5. The van der Waals surface area contributed by atoms with Gasteiger partial charge in [0, 0.05) is 6.61 Å². The molecular weight excluding hydrogens is 204 g/mol. The Bertz CT molecular complexity index is 352. The molecule has 16 heavy (non-hydrogen) atoms. The van der Waals surface area contributed by atoms with E-state index in [0.29, 0.717) is 6.61 Å². The van der Waals surface area contributed by atoms with Gasteiger partial charge in [-0.05, 0) is 29.9 Å². The molecule has 0 saturated heterocycles. The van der Waals surface area contributed by atoms with E-state index in [1.54, 1.807) is 0 Å². The van der Waals surface area contributed by atoms with Gasteiger partial charge < -0.3 is 9.84 Å². The molecular formula is C13H16O3. The van der Waals surface area contributed by atoms with Crippen molar-refractivity contribution >= 4 is 5.97 Å². The number of aliphatic carboxylic acids is 1. The first-order valence-electron chi connectivity index (χ1n) is 5.61. The molecule has 0 atom stereocenters. The number of hydrogen-bond acceptors (Lipinski definition) is 2. The fraction of sp³-hybridized carbons (Fsp3) is 0.462. The molecule has 3 nitrogen and oxygen atoms in total. The Morgan fingerprint density at radius 3 is 2.44 bits per heavy atom. The maximum absolute atomic E-state index is 10.5. The van der Waals surface area contributed by atoms with Crippen LogP contribution in [0, 0.1) is 5.92 Å². The molecule has 3 heteroatoms. The van der Waals surface area contributed by atoms with Crippen molar-refractivity contribution in [1.82, 2.24) is 0 Å². The van der Waals surface area contributed by atoms with Crippen LogP contribution < -0.4 is 0 Å². The minimum absolute atomic E-state index is 0.0865. The molecule has 0 amide bonds. The molecule has 1 aromatic carbocycles. The van der Waals surface area contributed by atoms with E-state index in [-0.39, 0.29) is 6.42 Å². The van der Waals surface area contributed by atoms with E-state index in [9.17, 15) is 4.79 Å². The number of ether oxygens (including phenoxy) is 1. The molecule has 86 valence electrons. The van der Waals surface area contributed by atoms with Gasteiger partial charge in [0.2, 0.25) is 0 Å². The second kappa shape index (κ2) is 5.12. The zero-order valence-electron chi connectivity index (χ0n) is 9.19. The fourth-order valence-corrected chi connectivity index (χ4v) is 1.56. The minimum Gasteiger partial charge on any atom is -0.481 e.